The van der Waals surface area contributed by atoms with Crippen LogP contribution in [0.5, 0.6) is 0 Å². The van der Waals surface area contributed by atoms with Gasteiger partial charge in [-0.2, -0.15) is 0 Å². The molecule has 1 unspecified atom stereocenters. The zero-order valence-electron chi connectivity index (χ0n) is 11.5. The fraction of sp³-hybridized carbons (Fsp3) is 0.267. The lowest BCUT2D eigenvalue weighted by molar-refractivity contribution is 0.618. The molecule has 3 rings (SSSR count). The summed E-state index contributed by atoms with van der Waals surface area (Å²) in [6, 6.07) is 5.93. The van der Waals surface area contributed by atoms with Crippen LogP contribution in [-0.4, -0.2) is 25.4 Å². The summed E-state index contributed by atoms with van der Waals surface area (Å²) in [4.78, 5) is 13.1. The van der Waals surface area contributed by atoms with E-state index in [-0.39, 0.29) is 6.04 Å². The molecule has 108 valence electrons. The zero-order chi connectivity index (χ0) is 14.8. The van der Waals surface area contributed by atoms with Gasteiger partial charge in [0.1, 0.15) is 11.3 Å². The van der Waals surface area contributed by atoms with Crippen LogP contribution in [0.25, 0.3) is 11.2 Å². The molecule has 0 aliphatic heterocycles. The molecule has 0 bridgehead atoms. The van der Waals surface area contributed by atoms with Crippen LogP contribution in [0.3, 0.4) is 0 Å². The normalized spacial score (nSPS) is 12.7. The molecule has 0 spiro atoms. The number of alkyl halides is 1. The van der Waals surface area contributed by atoms with E-state index in [4.69, 9.17) is 23.2 Å². The van der Waals surface area contributed by atoms with Crippen LogP contribution < -0.4 is 0 Å². The van der Waals surface area contributed by atoms with E-state index in [1.807, 2.05) is 18.2 Å². The molecule has 21 heavy (non-hydrogen) atoms. The third-order valence-electron chi connectivity index (χ3n) is 3.46. The third-order valence-corrected chi connectivity index (χ3v) is 3.86. The SMILES string of the molecule is CC(c1ccncc1)n1c(CCCl)nc2cc(Cl)cnc21. The number of hydrogen-bond acceptors (Lipinski definition) is 3. The van der Waals surface area contributed by atoms with Crippen molar-refractivity contribution in [3.05, 3.63) is 53.2 Å². The summed E-state index contributed by atoms with van der Waals surface area (Å²) < 4.78 is 2.11. The van der Waals surface area contributed by atoms with Gasteiger partial charge in [-0.3, -0.25) is 4.98 Å². The van der Waals surface area contributed by atoms with Crippen molar-refractivity contribution in [3.63, 3.8) is 0 Å². The lowest BCUT2D eigenvalue weighted by atomic mass is 10.1. The topological polar surface area (TPSA) is 43.6 Å². The number of aryl methyl sites for hydroxylation is 1. The summed E-state index contributed by atoms with van der Waals surface area (Å²) >= 11 is 11.9. The summed E-state index contributed by atoms with van der Waals surface area (Å²) in [6.07, 6.45) is 5.91. The predicted octanol–water partition coefficient (Wildman–Crippen LogP) is 3.87. The minimum atomic E-state index is 0.102. The van der Waals surface area contributed by atoms with Crippen LogP contribution in [0.4, 0.5) is 0 Å². The number of imidazole rings is 1. The molecule has 0 aromatic carbocycles. The average Bonchev–Trinajstić information content (AvgIpc) is 2.85. The van der Waals surface area contributed by atoms with Crippen LogP contribution in [0.15, 0.2) is 36.8 Å². The molecule has 0 N–H and O–H groups in total. The smallest absolute Gasteiger partial charge is 0.160 e. The lowest BCUT2D eigenvalue weighted by Gasteiger charge is -2.17. The molecule has 3 aromatic rings. The van der Waals surface area contributed by atoms with Gasteiger partial charge < -0.3 is 4.57 Å². The van der Waals surface area contributed by atoms with Gasteiger partial charge >= 0.3 is 0 Å². The van der Waals surface area contributed by atoms with Crippen LogP contribution in [-0.2, 0) is 6.42 Å². The van der Waals surface area contributed by atoms with Gasteiger partial charge in [-0.15, -0.1) is 11.6 Å². The number of rotatable bonds is 4. The van der Waals surface area contributed by atoms with Crippen molar-refractivity contribution in [1.29, 1.82) is 0 Å². The maximum absolute atomic E-state index is 6.01. The Morgan fingerprint density at radius 1 is 1.29 bits per heavy atom. The molecule has 0 fully saturated rings. The van der Waals surface area contributed by atoms with E-state index in [0.717, 1.165) is 22.6 Å². The summed E-state index contributed by atoms with van der Waals surface area (Å²) in [6.45, 7) is 2.12. The molecule has 0 saturated carbocycles. The second kappa shape index (κ2) is 6.00. The van der Waals surface area contributed by atoms with Gasteiger partial charge in [0.2, 0.25) is 0 Å². The van der Waals surface area contributed by atoms with Gasteiger partial charge in [0.25, 0.3) is 0 Å². The fourth-order valence-electron chi connectivity index (χ4n) is 2.46. The molecule has 0 aliphatic carbocycles. The molecule has 1 atom stereocenters. The van der Waals surface area contributed by atoms with Crippen LogP contribution >= 0.6 is 23.2 Å². The Morgan fingerprint density at radius 3 is 2.76 bits per heavy atom. The number of hydrogen-bond donors (Lipinski definition) is 0. The number of aromatic nitrogens is 4. The van der Waals surface area contributed by atoms with Crippen molar-refractivity contribution in [3.8, 4) is 0 Å². The molecule has 4 nitrogen and oxygen atoms in total. The van der Waals surface area contributed by atoms with E-state index in [9.17, 15) is 0 Å². The Balaban J connectivity index is 2.17. The first kappa shape index (κ1) is 14.3. The molecular weight excluding hydrogens is 307 g/mol. The van der Waals surface area contributed by atoms with Crippen molar-refractivity contribution in [2.45, 2.75) is 19.4 Å². The largest absolute Gasteiger partial charge is 0.305 e. The first-order valence-corrected chi connectivity index (χ1v) is 7.60. The molecule has 0 amide bonds. The molecular formula is C15H14Cl2N4. The number of nitrogens with zero attached hydrogens (tertiary/aromatic N) is 4. The second-order valence-electron chi connectivity index (χ2n) is 4.79. The first-order valence-electron chi connectivity index (χ1n) is 6.69. The summed E-state index contributed by atoms with van der Waals surface area (Å²) in [7, 11) is 0. The van der Waals surface area contributed by atoms with Crippen LogP contribution in [0.2, 0.25) is 5.02 Å². The van der Waals surface area contributed by atoms with E-state index in [1.54, 1.807) is 18.6 Å². The predicted molar refractivity (Wildman–Crippen MR) is 85.0 cm³/mol. The highest BCUT2D eigenvalue weighted by atomic mass is 35.5. The Hall–Kier alpha value is -1.65. The highest BCUT2D eigenvalue weighted by molar-refractivity contribution is 6.31. The van der Waals surface area contributed by atoms with Crippen LogP contribution in [0.1, 0.15) is 24.4 Å². The van der Waals surface area contributed by atoms with Gasteiger partial charge in [-0.05, 0) is 30.7 Å². The monoisotopic (exact) mass is 320 g/mol. The highest BCUT2D eigenvalue weighted by Gasteiger charge is 2.18. The molecule has 0 saturated heterocycles. The van der Waals surface area contributed by atoms with Gasteiger partial charge in [0.15, 0.2) is 5.65 Å². The minimum Gasteiger partial charge on any atom is -0.305 e. The number of fused-ring (bicyclic) bond motifs is 1. The molecule has 0 aliphatic rings. The summed E-state index contributed by atoms with van der Waals surface area (Å²) in [5.74, 6) is 1.43. The first-order chi connectivity index (χ1) is 10.2. The van der Waals surface area contributed by atoms with Crippen molar-refractivity contribution < 1.29 is 0 Å². The Kier molecular flexibility index (Phi) is 4.08. The quantitative estimate of drug-likeness (QED) is 0.685. The summed E-state index contributed by atoms with van der Waals surface area (Å²) in [5.41, 5.74) is 2.77. The Bertz CT molecular complexity index is 755. The van der Waals surface area contributed by atoms with Crippen molar-refractivity contribution in [2.24, 2.45) is 0 Å². The highest BCUT2D eigenvalue weighted by Crippen LogP contribution is 2.26. The van der Waals surface area contributed by atoms with E-state index >= 15 is 0 Å². The van der Waals surface area contributed by atoms with E-state index < -0.39 is 0 Å². The molecule has 0 radical (unpaired) electrons. The minimum absolute atomic E-state index is 0.102. The van der Waals surface area contributed by atoms with Crippen molar-refractivity contribution in [2.75, 3.05) is 5.88 Å². The van der Waals surface area contributed by atoms with Crippen molar-refractivity contribution in [1.82, 2.24) is 19.5 Å². The maximum Gasteiger partial charge on any atom is 0.160 e. The van der Waals surface area contributed by atoms with E-state index in [1.165, 1.54) is 0 Å². The van der Waals surface area contributed by atoms with Crippen LogP contribution in [0, 0.1) is 0 Å². The average molecular weight is 321 g/mol. The van der Waals surface area contributed by atoms with Gasteiger partial charge in [-0.1, -0.05) is 11.6 Å². The van der Waals surface area contributed by atoms with Crippen molar-refractivity contribution >= 4 is 34.4 Å². The number of pyridine rings is 2. The fourth-order valence-corrected chi connectivity index (χ4v) is 2.78. The summed E-state index contributed by atoms with van der Waals surface area (Å²) in [5, 5.41) is 0.584. The molecule has 6 heteroatoms. The van der Waals surface area contributed by atoms with Gasteiger partial charge in [-0.25, -0.2) is 9.97 Å². The molecule has 3 aromatic heterocycles. The van der Waals surface area contributed by atoms with E-state index in [0.29, 0.717) is 17.3 Å². The second-order valence-corrected chi connectivity index (χ2v) is 5.60. The standard InChI is InChI=1S/C15H14Cl2N4/c1-10(11-3-6-18-7-4-11)21-14(2-5-16)20-13-8-12(17)9-19-15(13)21/h3-4,6-10H,2,5H2,1H3. The third kappa shape index (κ3) is 2.74. The van der Waals surface area contributed by atoms with Gasteiger partial charge in [0.05, 0.1) is 11.1 Å². The molecule has 3 heterocycles. The number of halogens is 2. The Labute approximate surface area is 132 Å². The zero-order valence-corrected chi connectivity index (χ0v) is 13.0. The van der Waals surface area contributed by atoms with E-state index in [2.05, 4.69) is 26.4 Å². The Morgan fingerprint density at radius 2 is 2.05 bits per heavy atom. The maximum atomic E-state index is 6.01. The van der Waals surface area contributed by atoms with Gasteiger partial charge in [0, 0.05) is 30.9 Å². The lowest BCUT2D eigenvalue weighted by Crippen LogP contribution is -2.12.